The zero-order chi connectivity index (χ0) is 15.5. The van der Waals surface area contributed by atoms with E-state index in [9.17, 15) is 4.79 Å². The minimum Gasteiger partial charge on any atom is -0.334 e. The molecule has 3 rings (SSSR count). The molecule has 0 bridgehead atoms. The van der Waals surface area contributed by atoms with E-state index in [2.05, 4.69) is 53.2 Å². The van der Waals surface area contributed by atoms with E-state index in [0.717, 1.165) is 39.0 Å². The number of benzene rings is 1. The lowest BCUT2D eigenvalue weighted by atomic mass is 10.1. The molecule has 1 amide bonds. The Hall–Kier alpha value is -1.39. The van der Waals surface area contributed by atoms with Crippen molar-refractivity contribution < 1.29 is 4.79 Å². The van der Waals surface area contributed by atoms with Gasteiger partial charge in [0.15, 0.2) is 0 Å². The summed E-state index contributed by atoms with van der Waals surface area (Å²) in [6.45, 7) is 8.54. The third-order valence-electron chi connectivity index (χ3n) is 4.76. The molecule has 2 fully saturated rings. The number of piperazine rings is 1. The molecule has 4 nitrogen and oxygen atoms in total. The molecule has 120 valence electrons. The van der Waals surface area contributed by atoms with Gasteiger partial charge in [0.1, 0.15) is 0 Å². The number of nitrogens with zero attached hydrogens (tertiary/aromatic N) is 2. The lowest BCUT2D eigenvalue weighted by Gasteiger charge is -2.35. The quantitative estimate of drug-likeness (QED) is 0.900. The Kier molecular flexibility index (Phi) is 4.79. The van der Waals surface area contributed by atoms with E-state index in [1.165, 1.54) is 11.1 Å². The van der Waals surface area contributed by atoms with Gasteiger partial charge in [0.2, 0.25) is 5.91 Å². The number of nitrogens with one attached hydrogen (secondary N) is 1. The summed E-state index contributed by atoms with van der Waals surface area (Å²) in [5, 5.41) is 3.38. The first-order chi connectivity index (χ1) is 10.6. The van der Waals surface area contributed by atoms with E-state index < -0.39 is 0 Å². The Bertz CT molecular complexity index is 510. The first-order valence-electron chi connectivity index (χ1n) is 8.43. The molecule has 0 aromatic heterocycles. The summed E-state index contributed by atoms with van der Waals surface area (Å²) in [7, 11) is 0. The maximum Gasteiger partial charge on any atom is 0.237 e. The molecule has 1 aliphatic carbocycles. The summed E-state index contributed by atoms with van der Waals surface area (Å²) in [5.41, 5.74) is 2.50. The molecular formula is C18H27N3O. The van der Waals surface area contributed by atoms with Gasteiger partial charge in [-0.2, -0.15) is 0 Å². The lowest BCUT2D eigenvalue weighted by Crippen LogP contribution is -2.53. The van der Waals surface area contributed by atoms with E-state index in [1.54, 1.807) is 0 Å². The Morgan fingerprint density at radius 1 is 1.32 bits per heavy atom. The standard InChI is InChI=1S/C18H27N3O/c1-14-3-5-16(6-4-14)12-21(17-7-8-17)18(22)13-20-10-9-19-11-15(20)2/h3-6,15,17,19H,7-13H2,1-2H3/t15-/m0/s1. The van der Waals surface area contributed by atoms with Crippen molar-refractivity contribution in [3.05, 3.63) is 35.4 Å². The average Bonchev–Trinajstić information content (AvgIpc) is 3.33. The predicted molar refractivity (Wildman–Crippen MR) is 88.7 cm³/mol. The lowest BCUT2D eigenvalue weighted by molar-refractivity contribution is -0.134. The second-order valence-corrected chi connectivity index (χ2v) is 6.76. The van der Waals surface area contributed by atoms with Crippen LogP contribution in [-0.2, 0) is 11.3 Å². The van der Waals surface area contributed by atoms with E-state index in [-0.39, 0.29) is 5.91 Å². The van der Waals surface area contributed by atoms with Crippen molar-refractivity contribution in [1.82, 2.24) is 15.1 Å². The van der Waals surface area contributed by atoms with E-state index in [4.69, 9.17) is 0 Å². The first kappa shape index (κ1) is 15.5. The second-order valence-electron chi connectivity index (χ2n) is 6.76. The highest BCUT2D eigenvalue weighted by atomic mass is 16.2. The van der Waals surface area contributed by atoms with Crippen LogP contribution in [0.3, 0.4) is 0 Å². The third-order valence-corrected chi connectivity index (χ3v) is 4.76. The van der Waals surface area contributed by atoms with Crippen LogP contribution in [0.5, 0.6) is 0 Å². The van der Waals surface area contributed by atoms with Crippen molar-refractivity contribution in [3.63, 3.8) is 0 Å². The molecule has 1 aromatic carbocycles. The van der Waals surface area contributed by atoms with Gasteiger partial charge in [0.05, 0.1) is 6.54 Å². The molecule has 1 aromatic rings. The highest BCUT2D eigenvalue weighted by Gasteiger charge is 2.33. The van der Waals surface area contributed by atoms with Crippen LogP contribution in [-0.4, -0.2) is 54.0 Å². The fraction of sp³-hybridized carbons (Fsp3) is 0.611. The molecule has 1 atom stereocenters. The second kappa shape index (κ2) is 6.80. The van der Waals surface area contributed by atoms with E-state index in [1.807, 2.05) is 0 Å². The highest BCUT2D eigenvalue weighted by molar-refractivity contribution is 5.79. The molecule has 0 radical (unpaired) electrons. The van der Waals surface area contributed by atoms with Crippen molar-refractivity contribution in [2.24, 2.45) is 0 Å². The number of carbonyl (C=O) groups is 1. The van der Waals surface area contributed by atoms with Crippen LogP contribution in [0.15, 0.2) is 24.3 Å². The highest BCUT2D eigenvalue weighted by Crippen LogP contribution is 2.28. The van der Waals surface area contributed by atoms with Crippen molar-refractivity contribution >= 4 is 5.91 Å². The molecule has 1 saturated carbocycles. The van der Waals surface area contributed by atoms with Crippen molar-refractivity contribution in [2.75, 3.05) is 26.2 Å². The zero-order valence-electron chi connectivity index (χ0n) is 13.7. The SMILES string of the molecule is Cc1ccc(CN(C(=O)CN2CCNC[C@@H]2C)C2CC2)cc1. The maximum absolute atomic E-state index is 12.8. The minimum absolute atomic E-state index is 0.289. The first-order valence-corrected chi connectivity index (χ1v) is 8.43. The monoisotopic (exact) mass is 301 g/mol. The summed E-state index contributed by atoms with van der Waals surface area (Å²) in [4.78, 5) is 17.2. The molecule has 1 saturated heterocycles. The van der Waals surface area contributed by atoms with E-state index >= 15 is 0 Å². The van der Waals surface area contributed by atoms with Gasteiger partial charge >= 0.3 is 0 Å². The largest absolute Gasteiger partial charge is 0.334 e. The van der Waals surface area contributed by atoms with Crippen molar-refractivity contribution in [2.45, 2.75) is 45.3 Å². The third kappa shape index (κ3) is 3.87. The van der Waals surface area contributed by atoms with Gasteiger partial charge in [-0.3, -0.25) is 9.69 Å². The summed E-state index contributed by atoms with van der Waals surface area (Å²) >= 11 is 0. The molecule has 0 unspecified atom stereocenters. The van der Waals surface area contributed by atoms with Gasteiger partial charge in [0.25, 0.3) is 0 Å². The number of carbonyl (C=O) groups excluding carboxylic acids is 1. The molecular weight excluding hydrogens is 274 g/mol. The van der Waals surface area contributed by atoms with Gasteiger partial charge in [-0.05, 0) is 32.3 Å². The van der Waals surface area contributed by atoms with Crippen molar-refractivity contribution in [1.29, 1.82) is 0 Å². The summed E-state index contributed by atoms with van der Waals surface area (Å²) < 4.78 is 0. The van der Waals surface area contributed by atoms with Crippen LogP contribution in [0.1, 0.15) is 30.9 Å². The Morgan fingerprint density at radius 2 is 2.05 bits per heavy atom. The van der Waals surface area contributed by atoms with Crippen LogP contribution in [0, 0.1) is 6.92 Å². The van der Waals surface area contributed by atoms with Gasteiger partial charge in [0, 0.05) is 38.3 Å². The number of amides is 1. The van der Waals surface area contributed by atoms with Gasteiger partial charge < -0.3 is 10.2 Å². The molecule has 22 heavy (non-hydrogen) atoms. The van der Waals surface area contributed by atoms with Crippen molar-refractivity contribution in [3.8, 4) is 0 Å². The van der Waals surface area contributed by atoms with Gasteiger partial charge in [-0.25, -0.2) is 0 Å². The van der Waals surface area contributed by atoms with Gasteiger partial charge in [-0.15, -0.1) is 0 Å². The zero-order valence-corrected chi connectivity index (χ0v) is 13.7. The fourth-order valence-electron chi connectivity index (χ4n) is 3.08. The molecule has 0 spiro atoms. The van der Waals surface area contributed by atoms with Crippen LogP contribution in [0.25, 0.3) is 0 Å². The Morgan fingerprint density at radius 3 is 2.68 bits per heavy atom. The predicted octanol–water partition coefficient (Wildman–Crippen LogP) is 1.78. The normalized spacial score (nSPS) is 22.5. The number of aryl methyl sites for hydroxylation is 1. The Balaban J connectivity index is 1.62. The molecule has 1 N–H and O–H groups in total. The fourth-order valence-corrected chi connectivity index (χ4v) is 3.08. The topological polar surface area (TPSA) is 35.6 Å². The average molecular weight is 301 g/mol. The number of hydrogen-bond acceptors (Lipinski definition) is 3. The summed E-state index contributed by atoms with van der Waals surface area (Å²) in [6.07, 6.45) is 2.32. The summed E-state index contributed by atoms with van der Waals surface area (Å²) in [5.74, 6) is 0.289. The molecule has 1 heterocycles. The summed E-state index contributed by atoms with van der Waals surface area (Å²) in [6, 6.07) is 9.45. The molecule has 2 aliphatic rings. The number of hydrogen-bond donors (Lipinski definition) is 1. The minimum atomic E-state index is 0.289. The number of rotatable bonds is 5. The van der Waals surface area contributed by atoms with Crippen LogP contribution in [0.4, 0.5) is 0 Å². The van der Waals surface area contributed by atoms with Gasteiger partial charge in [-0.1, -0.05) is 29.8 Å². The maximum atomic E-state index is 12.8. The van der Waals surface area contributed by atoms with Crippen LogP contribution in [0.2, 0.25) is 0 Å². The molecule has 4 heteroatoms. The Labute approximate surface area is 133 Å². The smallest absolute Gasteiger partial charge is 0.237 e. The van der Waals surface area contributed by atoms with Crippen LogP contribution >= 0.6 is 0 Å². The van der Waals surface area contributed by atoms with E-state index in [0.29, 0.717) is 18.6 Å². The van der Waals surface area contributed by atoms with Crippen LogP contribution < -0.4 is 5.32 Å². The molecule has 1 aliphatic heterocycles.